The molecule has 2 heterocycles. The zero-order valence-electron chi connectivity index (χ0n) is 16.8. The summed E-state index contributed by atoms with van der Waals surface area (Å²) in [6, 6.07) is 10.1. The fraction of sp³-hybridized carbons (Fsp3) is 0.286. The minimum absolute atomic E-state index is 0.0343. The largest absolute Gasteiger partial charge is 0.465 e. The lowest BCUT2D eigenvalue weighted by atomic mass is 10.1. The van der Waals surface area contributed by atoms with E-state index in [9.17, 15) is 18.0 Å². The van der Waals surface area contributed by atoms with Gasteiger partial charge in [0.1, 0.15) is 0 Å². The third-order valence-corrected chi connectivity index (χ3v) is 6.53. The van der Waals surface area contributed by atoms with Gasteiger partial charge in [0.2, 0.25) is 0 Å². The van der Waals surface area contributed by atoms with Gasteiger partial charge in [0.05, 0.1) is 23.0 Å². The smallest absolute Gasteiger partial charge is 0.337 e. The number of ether oxygens (including phenoxy) is 1. The van der Waals surface area contributed by atoms with E-state index in [1.165, 1.54) is 49.6 Å². The zero-order chi connectivity index (χ0) is 22.0. The van der Waals surface area contributed by atoms with Crippen LogP contribution in [0.25, 0.3) is 11.0 Å². The fourth-order valence-corrected chi connectivity index (χ4v) is 4.58. The van der Waals surface area contributed by atoms with Crippen LogP contribution in [0.3, 0.4) is 0 Å². The Morgan fingerprint density at radius 2 is 1.77 bits per heavy atom. The average Bonchev–Trinajstić information content (AvgIpc) is 3.22. The second-order valence-corrected chi connectivity index (χ2v) is 8.90. The van der Waals surface area contributed by atoms with Gasteiger partial charge < -0.3 is 14.2 Å². The van der Waals surface area contributed by atoms with Gasteiger partial charge in [-0.1, -0.05) is 5.16 Å². The molecule has 1 fully saturated rings. The second-order valence-electron chi connectivity index (χ2n) is 7.22. The van der Waals surface area contributed by atoms with Gasteiger partial charge in [0.15, 0.2) is 11.3 Å². The minimum Gasteiger partial charge on any atom is -0.465 e. The molecule has 0 atom stereocenters. The number of nitrogens with one attached hydrogen (secondary N) is 1. The SMILES string of the molecule is COC(=O)c1ccc(NS(=O)(=O)c2ccc3onc(C(=O)N4CCCCC4)c3c2)cc1. The molecular formula is C21H21N3O6S. The molecule has 9 nitrogen and oxygen atoms in total. The predicted octanol–water partition coefficient (Wildman–Crippen LogP) is 3.04. The molecule has 0 aliphatic carbocycles. The molecule has 10 heteroatoms. The maximum Gasteiger partial charge on any atom is 0.337 e. The number of hydrogen-bond donors (Lipinski definition) is 1. The average molecular weight is 443 g/mol. The maximum absolute atomic E-state index is 12.9. The number of methoxy groups -OCH3 is 1. The molecule has 1 N–H and O–H groups in total. The van der Waals surface area contributed by atoms with Crippen LogP contribution in [-0.2, 0) is 14.8 Å². The van der Waals surface area contributed by atoms with Crippen molar-refractivity contribution in [2.75, 3.05) is 24.9 Å². The summed E-state index contributed by atoms with van der Waals surface area (Å²) >= 11 is 0. The summed E-state index contributed by atoms with van der Waals surface area (Å²) < 4.78 is 38.1. The number of likely N-dealkylation sites (tertiary alicyclic amines) is 1. The summed E-state index contributed by atoms with van der Waals surface area (Å²) in [6.45, 7) is 1.29. The Bertz CT molecular complexity index is 1230. The van der Waals surface area contributed by atoms with Crippen molar-refractivity contribution in [2.24, 2.45) is 0 Å². The molecule has 0 spiro atoms. The number of aromatic nitrogens is 1. The molecule has 162 valence electrons. The number of hydrogen-bond acceptors (Lipinski definition) is 7. The normalized spacial score (nSPS) is 14.4. The third kappa shape index (κ3) is 4.24. The molecule has 1 amide bonds. The number of esters is 1. The molecule has 4 rings (SSSR count). The van der Waals surface area contributed by atoms with Gasteiger partial charge in [-0.2, -0.15) is 0 Å². The molecule has 31 heavy (non-hydrogen) atoms. The number of nitrogens with zero attached hydrogens (tertiary/aromatic N) is 2. The Labute approximate surface area is 179 Å². The summed E-state index contributed by atoms with van der Waals surface area (Å²) in [5.74, 6) is -0.780. The second kappa shape index (κ2) is 8.38. The summed E-state index contributed by atoms with van der Waals surface area (Å²) in [6.07, 6.45) is 2.94. The topological polar surface area (TPSA) is 119 Å². The van der Waals surface area contributed by atoms with Gasteiger partial charge in [0, 0.05) is 18.8 Å². The van der Waals surface area contributed by atoms with Gasteiger partial charge >= 0.3 is 5.97 Å². The number of fused-ring (bicyclic) bond motifs is 1. The van der Waals surface area contributed by atoms with Gasteiger partial charge in [-0.15, -0.1) is 0 Å². The number of amides is 1. The van der Waals surface area contributed by atoms with Crippen molar-refractivity contribution in [1.82, 2.24) is 10.1 Å². The number of carbonyl (C=O) groups is 2. The number of benzene rings is 2. The number of sulfonamides is 1. The lowest BCUT2D eigenvalue weighted by Crippen LogP contribution is -2.35. The van der Waals surface area contributed by atoms with Crippen molar-refractivity contribution in [3.05, 3.63) is 53.7 Å². The summed E-state index contributed by atoms with van der Waals surface area (Å²) in [7, 11) is -2.68. The Morgan fingerprint density at radius 1 is 1.06 bits per heavy atom. The molecular weight excluding hydrogens is 422 g/mol. The van der Waals surface area contributed by atoms with Crippen molar-refractivity contribution in [2.45, 2.75) is 24.2 Å². The molecule has 1 aliphatic rings. The zero-order valence-corrected chi connectivity index (χ0v) is 17.6. The van der Waals surface area contributed by atoms with Crippen molar-refractivity contribution in [1.29, 1.82) is 0 Å². The molecule has 1 aromatic heterocycles. The Kier molecular flexibility index (Phi) is 5.64. The van der Waals surface area contributed by atoms with Gasteiger partial charge in [-0.05, 0) is 61.7 Å². The first-order valence-corrected chi connectivity index (χ1v) is 11.3. The third-order valence-electron chi connectivity index (χ3n) is 5.16. The summed E-state index contributed by atoms with van der Waals surface area (Å²) in [4.78, 5) is 26.0. The van der Waals surface area contributed by atoms with E-state index in [0.29, 0.717) is 29.6 Å². The highest BCUT2D eigenvalue weighted by Gasteiger charge is 2.25. The molecule has 0 unspecified atom stereocenters. The maximum atomic E-state index is 12.9. The monoisotopic (exact) mass is 443 g/mol. The highest BCUT2D eigenvalue weighted by atomic mass is 32.2. The fourth-order valence-electron chi connectivity index (χ4n) is 3.49. The van der Waals surface area contributed by atoms with Crippen molar-refractivity contribution in [3.63, 3.8) is 0 Å². The highest BCUT2D eigenvalue weighted by molar-refractivity contribution is 7.92. The van der Waals surface area contributed by atoms with E-state index in [0.717, 1.165) is 19.3 Å². The van der Waals surface area contributed by atoms with Crippen LogP contribution in [0, 0.1) is 0 Å². The van der Waals surface area contributed by atoms with Crippen LogP contribution < -0.4 is 4.72 Å². The van der Waals surface area contributed by atoms with Crippen LogP contribution in [0.5, 0.6) is 0 Å². The van der Waals surface area contributed by atoms with Crippen molar-refractivity contribution in [3.8, 4) is 0 Å². The standard InChI is InChI=1S/C21H21N3O6S/c1-29-21(26)14-5-7-15(8-6-14)23-31(27,28)16-9-10-18-17(13-16)19(22-30-18)20(25)24-11-3-2-4-12-24/h5-10,13,23H,2-4,11-12H2,1H3. The first-order chi connectivity index (χ1) is 14.9. The molecule has 0 radical (unpaired) electrons. The molecule has 0 bridgehead atoms. The molecule has 1 aliphatic heterocycles. The number of carbonyl (C=O) groups excluding carboxylic acids is 2. The van der Waals surface area contributed by atoms with Crippen LogP contribution in [0.15, 0.2) is 51.9 Å². The number of anilines is 1. The molecule has 0 saturated carbocycles. The minimum atomic E-state index is -3.95. The summed E-state index contributed by atoms with van der Waals surface area (Å²) in [5.41, 5.74) is 1.03. The lowest BCUT2D eigenvalue weighted by Gasteiger charge is -2.25. The van der Waals surface area contributed by atoms with Crippen molar-refractivity contribution >= 4 is 38.6 Å². The number of rotatable bonds is 5. The van der Waals surface area contributed by atoms with E-state index in [2.05, 4.69) is 14.6 Å². The molecule has 2 aromatic carbocycles. The van der Waals surface area contributed by atoms with E-state index in [1.54, 1.807) is 4.90 Å². The van der Waals surface area contributed by atoms with Gasteiger partial charge in [-0.25, -0.2) is 13.2 Å². The Balaban J connectivity index is 1.61. The Morgan fingerprint density at radius 3 is 2.45 bits per heavy atom. The first kappa shape index (κ1) is 20.9. The van der Waals surface area contributed by atoms with Crippen molar-refractivity contribution < 1.29 is 27.3 Å². The first-order valence-electron chi connectivity index (χ1n) is 9.79. The van der Waals surface area contributed by atoms with E-state index >= 15 is 0 Å². The summed E-state index contributed by atoms with van der Waals surface area (Å²) in [5, 5.41) is 4.23. The van der Waals surface area contributed by atoms with Gasteiger partial charge in [0.25, 0.3) is 15.9 Å². The number of piperidine rings is 1. The van der Waals surface area contributed by atoms with E-state index in [-0.39, 0.29) is 22.2 Å². The van der Waals surface area contributed by atoms with Gasteiger partial charge in [-0.3, -0.25) is 9.52 Å². The van der Waals surface area contributed by atoms with Crippen LogP contribution >= 0.6 is 0 Å². The predicted molar refractivity (Wildman–Crippen MR) is 112 cm³/mol. The van der Waals surface area contributed by atoms with E-state index in [1.807, 2.05) is 0 Å². The van der Waals surface area contributed by atoms with Crippen LogP contribution in [0.4, 0.5) is 5.69 Å². The molecule has 3 aromatic rings. The van der Waals surface area contributed by atoms with E-state index in [4.69, 9.17) is 4.52 Å². The van der Waals surface area contributed by atoms with E-state index < -0.39 is 16.0 Å². The highest BCUT2D eigenvalue weighted by Crippen LogP contribution is 2.26. The molecule has 1 saturated heterocycles. The lowest BCUT2D eigenvalue weighted by molar-refractivity contribution is 0.0600. The van der Waals surface area contributed by atoms with Crippen LogP contribution in [0.1, 0.15) is 40.1 Å². The Hall–Kier alpha value is -3.40. The van der Waals surface area contributed by atoms with Crippen LogP contribution in [0.2, 0.25) is 0 Å². The quantitative estimate of drug-likeness (QED) is 0.602. The van der Waals surface area contributed by atoms with Crippen LogP contribution in [-0.4, -0.2) is 50.6 Å².